The lowest BCUT2D eigenvalue weighted by Gasteiger charge is -2.08. The number of hydrogen-bond acceptors (Lipinski definition) is 2. The maximum absolute atomic E-state index is 13.8. The van der Waals surface area contributed by atoms with Crippen LogP contribution >= 0.6 is 0 Å². The summed E-state index contributed by atoms with van der Waals surface area (Å²) in [6.07, 6.45) is 1.73. The van der Waals surface area contributed by atoms with Crippen molar-refractivity contribution in [2.24, 2.45) is 0 Å². The average molecular weight is 436 g/mol. The largest absolute Gasteiger partial charge is 0.489 e. The molecule has 6 heteroatoms. The van der Waals surface area contributed by atoms with Gasteiger partial charge >= 0.3 is 5.97 Å². The van der Waals surface area contributed by atoms with Crippen LogP contribution in [0.2, 0.25) is 0 Å². The lowest BCUT2D eigenvalue weighted by molar-refractivity contribution is -0.135. The number of ether oxygens (including phenoxy) is 1. The van der Waals surface area contributed by atoms with Gasteiger partial charge in [-0.3, -0.25) is 4.79 Å². The summed E-state index contributed by atoms with van der Waals surface area (Å²) in [5.74, 6) is -3.09. The van der Waals surface area contributed by atoms with E-state index in [-0.39, 0.29) is 18.8 Å². The highest BCUT2D eigenvalue weighted by Crippen LogP contribution is 2.43. The van der Waals surface area contributed by atoms with Crippen LogP contribution in [0.3, 0.4) is 0 Å². The Kier molecular flexibility index (Phi) is 5.86. The van der Waals surface area contributed by atoms with Crippen LogP contribution in [-0.2, 0) is 11.4 Å². The number of carboxylic acid groups (broad SMARTS) is 1. The first-order valence-electron chi connectivity index (χ1n) is 9.92. The minimum absolute atomic E-state index is 0.156. The normalized spacial score (nSPS) is 14.1. The van der Waals surface area contributed by atoms with Crippen molar-refractivity contribution in [3.8, 4) is 5.75 Å². The molecule has 1 aliphatic carbocycles. The lowest BCUT2D eigenvalue weighted by Crippen LogP contribution is -1.97. The molecule has 3 nitrogen and oxygen atoms in total. The molecule has 0 unspecified atom stereocenters. The van der Waals surface area contributed by atoms with Crippen LogP contribution in [-0.4, -0.2) is 11.1 Å². The predicted molar refractivity (Wildman–Crippen MR) is 116 cm³/mol. The summed E-state index contributed by atoms with van der Waals surface area (Å²) in [6.45, 7) is 1.99. The fourth-order valence-electron chi connectivity index (χ4n) is 3.81. The van der Waals surface area contributed by atoms with E-state index in [0.717, 1.165) is 40.0 Å². The van der Waals surface area contributed by atoms with E-state index in [1.54, 1.807) is 6.07 Å². The van der Waals surface area contributed by atoms with Crippen molar-refractivity contribution in [1.29, 1.82) is 0 Å². The first-order chi connectivity index (χ1) is 15.3. The Balaban J connectivity index is 1.63. The topological polar surface area (TPSA) is 46.5 Å². The standard InChI is InChI=1S/C26H19F3O3/c1-15-21(20-7-5-18(27)11-23(20)22(15)13-26(30)31)10-16-3-2-4-17(9-16)14-32-19-6-8-24(28)25(29)12-19/h2-12H,13-14H2,1H3,(H,30,31)/b21-10-. The Morgan fingerprint density at radius 3 is 2.53 bits per heavy atom. The summed E-state index contributed by atoms with van der Waals surface area (Å²) < 4.78 is 45.8. The lowest BCUT2D eigenvalue weighted by atomic mass is 10.00. The first kappa shape index (κ1) is 21.4. The van der Waals surface area contributed by atoms with Gasteiger partial charge < -0.3 is 9.84 Å². The molecular weight excluding hydrogens is 417 g/mol. The van der Waals surface area contributed by atoms with Gasteiger partial charge in [-0.25, -0.2) is 13.2 Å². The molecule has 1 N–H and O–H groups in total. The van der Waals surface area contributed by atoms with Gasteiger partial charge in [0.05, 0.1) is 6.42 Å². The van der Waals surface area contributed by atoms with Crippen LogP contribution in [0, 0.1) is 17.5 Å². The molecule has 4 rings (SSSR count). The molecule has 0 bridgehead atoms. The molecule has 0 aliphatic heterocycles. The summed E-state index contributed by atoms with van der Waals surface area (Å²) in [4.78, 5) is 11.3. The van der Waals surface area contributed by atoms with Gasteiger partial charge in [-0.15, -0.1) is 0 Å². The van der Waals surface area contributed by atoms with Crippen molar-refractivity contribution in [1.82, 2.24) is 0 Å². The number of fused-ring (bicyclic) bond motifs is 1. The average Bonchev–Trinajstić information content (AvgIpc) is 2.99. The monoisotopic (exact) mass is 436 g/mol. The molecular formula is C26H19F3O3. The predicted octanol–water partition coefficient (Wildman–Crippen LogP) is 6.49. The highest BCUT2D eigenvalue weighted by Gasteiger charge is 2.25. The number of carboxylic acids is 1. The summed E-state index contributed by atoms with van der Waals surface area (Å²) in [6, 6.07) is 15.2. The van der Waals surface area contributed by atoms with Gasteiger partial charge in [0.15, 0.2) is 11.6 Å². The Hall–Kier alpha value is -3.80. The maximum Gasteiger partial charge on any atom is 0.307 e. The molecule has 162 valence electrons. The molecule has 32 heavy (non-hydrogen) atoms. The summed E-state index contributed by atoms with van der Waals surface area (Å²) >= 11 is 0. The number of allylic oxidation sites excluding steroid dienone is 2. The zero-order valence-corrected chi connectivity index (χ0v) is 17.2. The molecule has 0 heterocycles. The van der Waals surface area contributed by atoms with E-state index < -0.39 is 23.4 Å². The van der Waals surface area contributed by atoms with E-state index >= 15 is 0 Å². The quantitative estimate of drug-likeness (QED) is 0.481. The molecule has 0 saturated heterocycles. The van der Waals surface area contributed by atoms with Gasteiger partial charge in [-0.05, 0) is 82.3 Å². The van der Waals surface area contributed by atoms with Crippen molar-refractivity contribution >= 4 is 23.2 Å². The second kappa shape index (κ2) is 8.75. The smallest absolute Gasteiger partial charge is 0.307 e. The highest BCUT2D eigenvalue weighted by atomic mass is 19.2. The minimum atomic E-state index is -0.979. The van der Waals surface area contributed by atoms with Gasteiger partial charge in [0.1, 0.15) is 18.2 Å². The van der Waals surface area contributed by atoms with Gasteiger partial charge in [0.25, 0.3) is 0 Å². The third kappa shape index (κ3) is 4.44. The summed E-state index contributed by atoms with van der Waals surface area (Å²) in [5.41, 5.74) is 5.24. The van der Waals surface area contributed by atoms with Crippen LogP contribution in [0.1, 0.15) is 35.6 Å². The molecule has 3 aromatic carbocycles. The van der Waals surface area contributed by atoms with Crippen LogP contribution in [0.25, 0.3) is 17.2 Å². The third-order valence-corrected chi connectivity index (χ3v) is 5.34. The van der Waals surface area contributed by atoms with Crippen LogP contribution < -0.4 is 4.74 Å². The van der Waals surface area contributed by atoms with Crippen LogP contribution in [0.15, 0.2) is 66.2 Å². The fraction of sp³-hybridized carbons (Fsp3) is 0.115. The Morgan fingerprint density at radius 1 is 0.969 bits per heavy atom. The number of hydrogen-bond donors (Lipinski definition) is 1. The molecule has 0 saturated carbocycles. The van der Waals surface area contributed by atoms with Gasteiger partial charge in [-0.2, -0.15) is 0 Å². The number of halogens is 3. The molecule has 0 aromatic heterocycles. The van der Waals surface area contributed by atoms with Gasteiger partial charge in [0.2, 0.25) is 0 Å². The minimum Gasteiger partial charge on any atom is -0.489 e. The molecule has 0 fully saturated rings. The zero-order valence-electron chi connectivity index (χ0n) is 17.2. The molecule has 1 aliphatic rings. The number of benzene rings is 3. The van der Waals surface area contributed by atoms with Crippen molar-refractivity contribution in [3.63, 3.8) is 0 Å². The van der Waals surface area contributed by atoms with E-state index in [1.165, 1.54) is 18.2 Å². The van der Waals surface area contributed by atoms with Crippen LogP contribution in [0.5, 0.6) is 5.75 Å². The van der Waals surface area contributed by atoms with E-state index in [4.69, 9.17) is 4.74 Å². The van der Waals surface area contributed by atoms with Crippen molar-refractivity contribution in [3.05, 3.63) is 106 Å². The van der Waals surface area contributed by atoms with Gasteiger partial charge in [-0.1, -0.05) is 24.3 Å². The summed E-state index contributed by atoms with van der Waals surface area (Å²) in [5, 5.41) is 9.28. The van der Waals surface area contributed by atoms with Gasteiger partial charge in [0, 0.05) is 6.07 Å². The summed E-state index contributed by atoms with van der Waals surface area (Å²) in [7, 11) is 0. The maximum atomic E-state index is 13.8. The Bertz CT molecular complexity index is 1280. The van der Waals surface area contributed by atoms with E-state index in [1.807, 2.05) is 37.3 Å². The number of rotatable bonds is 6. The highest BCUT2D eigenvalue weighted by molar-refractivity contribution is 6.07. The van der Waals surface area contributed by atoms with E-state index in [2.05, 4.69) is 0 Å². The second-order valence-corrected chi connectivity index (χ2v) is 7.53. The molecule has 3 aromatic rings. The van der Waals surface area contributed by atoms with Crippen molar-refractivity contribution in [2.75, 3.05) is 0 Å². The third-order valence-electron chi connectivity index (χ3n) is 5.34. The number of carbonyl (C=O) groups is 1. The van der Waals surface area contributed by atoms with Crippen molar-refractivity contribution in [2.45, 2.75) is 20.0 Å². The Morgan fingerprint density at radius 2 is 1.78 bits per heavy atom. The number of aliphatic carboxylic acids is 1. The first-order valence-corrected chi connectivity index (χ1v) is 9.92. The fourth-order valence-corrected chi connectivity index (χ4v) is 3.81. The van der Waals surface area contributed by atoms with Crippen molar-refractivity contribution < 1.29 is 27.8 Å². The molecule has 0 atom stereocenters. The van der Waals surface area contributed by atoms with Crippen LogP contribution in [0.4, 0.5) is 13.2 Å². The Labute approximate surface area is 183 Å². The van der Waals surface area contributed by atoms with E-state index in [0.29, 0.717) is 11.1 Å². The molecule has 0 spiro atoms. The SMILES string of the molecule is CC1=C(CC(=O)O)c2cc(F)ccc2/C1=C\c1cccc(COc2ccc(F)c(F)c2)c1. The molecule has 0 amide bonds. The molecule has 0 radical (unpaired) electrons. The second-order valence-electron chi connectivity index (χ2n) is 7.53. The van der Waals surface area contributed by atoms with E-state index in [9.17, 15) is 23.1 Å². The zero-order chi connectivity index (χ0) is 22.8.